The number of nitrogens with zero attached hydrogens (tertiary/aromatic N) is 1. The Morgan fingerprint density at radius 3 is 2.81 bits per heavy atom. The van der Waals surface area contributed by atoms with Crippen LogP contribution in [0.3, 0.4) is 0 Å². The summed E-state index contributed by atoms with van der Waals surface area (Å²) in [6, 6.07) is 3.43. The van der Waals surface area contributed by atoms with Gasteiger partial charge in [-0.05, 0) is 12.1 Å². The van der Waals surface area contributed by atoms with Gasteiger partial charge in [0.1, 0.15) is 0 Å². The maximum Gasteiger partial charge on any atom is 0.197 e. The number of hydrogen-bond acceptors (Lipinski definition) is 4. The number of hydrogen-bond donors (Lipinski definition) is 3. The van der Waals surface area contributed by atoms with Crippen molar-refractivity contribution < 1.29 is 9.84 Å². The lowest BCUT2D eigenvalue weighted by atomic mass is 10.1. The van der Waals surface area contributed by atoms with Crippen LogP contribution >= 0.6 is 15.9 Å². The molecule has 5 nitrogen and oxygen atoms in total. The van der Waals surface area contributed by atoms with Gasteiger partial charge in [-0.1, -0.05) is 15.9 Å². The summed E-state index contributed by atoms with van der Waals surface area (Å²) in [6.45, 7) is 0. The molecule has 0 aliphatic heterocycles. The number of phenolic OH excluding ortho intramolecular Hbond substituents is 1. The van der Waals surface area contributed by atoms with Crippen molar-refractivity contribution in [3.8, 4) is 22.8 Å². The summed E-state index contributed by atoms with van der Waals surface area (Å²) in [6.07, 6.45) is 1.55. The molecule has 0 spiro atoms. The zero-order chi connectivity index (χ0) is 11.7. The van der Waals surface area contributed by atoms with E-state index in [1.807, 2.05) is 0 Å². The Kier molecular flexibility index (Phi) is 2.74. The lowest BCUT2D eigenvalue weighted by Gasteiger charge is -2.08. The summed E-state index contributed by atoms with van der Waals surface area (Å²) in [5.41, 5.74) is 6.70. The molecular formula is C10H10BrN3O2. The summed E-state index contributed by atoms with van der Waals surface area (Å²) in [4.78, 5) is 6.72. The van der Waals surface area contributed by atoms with Gasteiger partial charge in [0, 0.05) is 10.0 Å². The van der Waals surface area contributed by atoms with Crippen LogP contribution in [0, 0.1) is 0 Å². The van der Waals surface area contributed by atoms with Crippen molar-refractivity contribution in [3.05, 3.63) is 22.8 Å². The largest absolute Gasteiger partial charge is 0.504 e. The van der Waals surface area contributed by atoms with Crippen molar-refractivity contribution in [1.82, 2.24) is 9.97 Å². The second-order valence-electron chi connectivity index (χ2n) is 3.19. The molecule has 1 aromatic carbocycles. The number of phenols is 1. The molecule has 0 bridgehead atoms. The molecule has 16 heavy (non-hydrogen) atoms. The van der Waals surface area contributed by atoms with E-state index in [1.54, 1.807) is 18.3 Å². The molecule has 0 aliphatic carbocycles. The fraction of sp³-hybridized carbons (Fsp3) is 0.100. The van der Waals surface area contributed by atoms with Crippen molar-refractivity contribution in [2.45, 2.75) is 0 Å². The number of nitrogens with two attached hydrogens (primary N) is 1. The van der Waals surface area contributed by atoms with Gasteiger partial charge < -0.3 is 20.6 Å². The number of benzene rings is 1. The number of methoxy groups -OCH3 is 1. The molecule has 0 saturated carbocycles. The summed E-state index contributed by atoms with van der Waals surface area (Å²) >= 11 is 3.34. The Hall–Kier alpha value is -1.69. The molecule has 2 rings (SSSR count). The third-order valence-electron chi connectivity index (χ3n) is 2.15. The number of H-pyrrole nitrogens is 1. The molecule has 84 valence electrons. The Morgan fingerprint density at radius 2 is 2.25 bits per heavy atom. The Bertz CT molecular complexity index is 525. The highest BCUT2D eigenvalue weighted by atomic mass is 79.9. The van der Waals surface area contributed by atoms with E-state index in [0.29, 0.717) is 23.0 Å². The maximum absolute atomic E-state index is 9.94. The van der Waals surface area contributed by atoms with Crippen LogP contribution in [-0.4, -0.2) is 22.2 Å². The van der Waals surface area contributed by atoms with Gasteiger partial charge in [0.15, 0.2) is 17.4 Å². The Balaban J connectivity index is 2.60. The predicted molar refractivity (Wildman–Crippen MR) is 64.4 cm³/mol. The molecule has 0 fully saturated rings. The van der Waals surface area contributed by atoms with E-state index in [9.17, 15) is 5.11 Å². The minimum atomic E-state index is 0.0503. The van der Waals surface area contributed by atoms with Crippen molar-refractivity contribution in [3.63, 3.8) is 0 Å². The highest BCUT2D eigenvalue weighted by Crippen LogP contribution is 2.39. The van der Waals surface area contributed by atoms with Crippen molar-refractivity contribution in [1.29, 1.82) is 0 Å². The van der Waals surface area contributed by atoms with Crippen LogP contribution in [-0.2, 0) is 0 Å². The first-order valence-corrected chi connectivity index (χ1v) is 5.28. The minimum Gasteiger partial charge on any atom is -0.504 e. The number of aromatic nitrogens is 2. The van der Waals surface area contributed by atoms with Crippen LogP contribution in [0.1, 0.15) is 0 Å². The summed E-state index contributed by atoms with van der Waals surface area (Å²) in [5, 5.41) is 9.94. The number of anilines is 1. The molecule has 0 amide bonds. The van der Waals surface area contributed by atoms with Crippen LogP contribution < -0.4 is 10.5 Å². The number of rotatable bonds is 2. The van der Waals surface area contributed by atoms with Crippen LogP contribution in [0.15, 0.2) is 22.8 Å². The lowest BCUT2D eigenvalue weighted by molar-refractivity contribution is 0.374. The van der Waals surface area contributed by atoms with Gasteiger partial charge in [0.05, 0.1) is 19.0 Å². The van der Waals surface area contributed by atoms with Crippen LogP contribution in [0.4, 0.5) is 5.95 Å². The lowest BCUT2D eigenvalue weighted by Crippen LogP contribution is -1.88. The van der Waals surface area contributed by atoms with E-state index in [2.05, 4.69) is 25.9 Å². The third kappa shape index (κ3) is 1.83. The first-order chi connectivity index (χ1) is 7.61. The topological polar surface area (TPSA) is 84.2 Å². The first kappa shape index (κ1) is 10.8. The summed E-state index contributed by atoms with van der Waals surface area (Å²) < 4.78 is 5.85. The molecule has 0 radical (unpaired) electrons. The van der Waals surface area contributed by atoms with Crippen molar-refractivity contribution in [2.75, 3.05) is 12.8 Å². The molecule has 1 aromatic heterocycles. The monoisotopic (exact) mass is 283 g/mol. The highest BCUT2D eigenvalue weighted by Gasteiger charge is 2.13. The SMILES string of the molecule is COc1cc(Br)cc(-c2cnc(N)[nH]2)c1O. The highest BCUT2D eigenvalue weighted by molar-refractivity contribution is 9.10. The van der Waals surface area contributed by atoms with Gasteiger partial charge in [0.2, 0.25) is 0 Å². The van der Waals surface area contributed by atoms with Crippen LogP contribution in [0.5, 0.6) is 11.5 Å². The fourth-order valence-corrected chi connectivity index (χ4v) is 1.85. The van der Waals surface area contributed by atoms with E-state index in [1.165, 1.54) is 7.11 Å². The van der Waals surface area contributed by atoms with Gasteiger partial charge in [-0.15, -0.1) is 0 Å². The molecule has 0 unspecified atom stereocenters. The molecule has 0 saturated heterocycles. The van der Waals surface area contributed by atoms with E-state index in [0.717, 1.165) is 4.47 Å². The molecule has 6 heteroatoms. The molecule has 2 aromatic rings. The second kappa shape index (κ2) is 4.05. The van der Waals surface area contributed by atoms with E-state index in [-0.39, 0.29) is 5.75 Å². The van der Waals surface area contributed by atoms with Crippen LogP contribution in [0.2, 0.25) is 0 Å². The number of halogens is 1. The smallest absolute Gasteiger partial charge is 0.197 e. The summed E-state index contributed by atoms with van der Waals surface area (Å²) in [5.74, 6) is 0.736. The Labute approximate surface area is 100 Å². The van der Waals surface area contributed by atoms with Gasteiger partial charge in [0.25, 0.3) is 0 Å². The molecule has 4 N–H and O–H groups in total. The van der Waals surface area contributed by atoms with Gasteiger partial charge >= 0.3 is 0 Å². The molecule has 1 heterocycles. The zero-order valence-corrected chi connectivity index (χ0v) is 10.1. The van der Waals surface area contributed by atoms with Gasteiger partial charge in [-0.2, -0.15) is 0 Å². The zero-order valence-electron chi connectivity index (χ0n) is 8.49. The average Bonchev–Trinajstić information content (AvgIpc) is 2.67. The number of nitrogens with one attached hydrogen (secondary N) is 1. The normalized spacial score (nSPS) is 10.4. The first-order valence-electron chi connectivity index (χ1n) is 4.49. The van der Waals surface area contributed by atoms with E-state index in [4.69, 9.17) is 10.5 Å². The van der Waals surface area contributed by atoms with Crippen molar-refractivity contribution >= 4 is 21.9 Å². The van der Waals surface area contributed by atoms with Crippen molar-refractivity contribution in [2.24, 2.45) is 0 Å². The number of ether oxygens (including phenoxy) is 1. The Morgan fingerprint density at radius 1 is 1.50 bits per heavy atom. The van der Waals surface area contributed by atoms with Gasteiger partial charge in [-0.25, -0.2) is 4.98 Å². The summed E-state index contributed by atoms with van der Waals surface area (Å²) in [7, 11) is 1.49. The maximum atomic E-state index is 9.94. The van der Waals surface area contributed by atoms with E-state index >= 15 is 0 Å². The standard InChI is InChI=1S/C10H10BrN3O2/c1-16-8-3-5(11)2-6(9(8)15)7-4-13-10(12)14-7/h2-4,15H,1H3,(H3,12,13,14). The average molecular weight is 284 g/mol. The number of aromatic amines is 1. The number of aromatic hydroxyl groups is 1. The van der Waals surface area contributed by atoms with Crippen LogP contribution in [0.25, 0.3) is 11.3 Å². The number of nitrogen functional groups attached to an aromatic ring is 1. The third-order valence-corrected chi connectivity index (χ3v) is 2.60. The van der Waals surface area contributed by atoms with Gasteiger partial charge in [-0.3, -0.25) is 0 Å². The quantitative estimate of drug-likeness (QED) is 0.788. The molecule has 0 atom stereocenters. The fourth-order valence-electron chi connectivity index (χ4n) is 1.41. The number of imidazole rings is 1. The molecule has 0 aliphatic rings. The molecular weight excluding hydrogens is 274 g/mol. The second-order valence-corrected chi connectivity index (χ2v) is 4.10. The predicted octanol–water partition coefficient (Wildman–Crippen LogP) is 2.14. The minimum absolute atomic E-state index is 0.0503. The van der Waals surface area contributed by atoms with E-state index < -0.39 is 0 Å².